The number of alkyl carbamates (subject to hydrolysis) is 1. The molecule has 1 aromatic heterocycles. The third-order valence-electron chi connectivity index (χ3n) is 3.29. The summed E-state index contributed by atoms with van der Waals surface area (Å²) < 4.78 is 10.5. The Bertz CT molecular complexity index is 527. The molecule has 0 bridgehead atoms. The molecule has 7 nitrogen and oxygen atoms in total. The van der Waals surface area contributed by atoms with Gasteiger partial charge in [0.05, 0.1) is 6.26 Å². The van der Waals surface area contributed by atoms with Crippen LogP contribution in [0.5, 0.6) is 0 Å². The Morgan fingerprint density at radius 2 is 2.00 bits per heavy atom. The van der Waals surface area contributed by atoms with Crippen LogP contribution in [0.2, 0.25) is 0 Å². The summed E-state index contributed by atoms with van der Waals surface area (Å²) in [5.74, 6) is 1.64. The molecule has 3 N–H and O–H groups in total. The van der Waals surface area contributed by atoms with E-state index in [2.05, 4.69) is 34.8 Å². The maximum Gasteiger partial charge on any atom is 0.407 e. The number of aliphatic imine (C=N–C) groups is 1. The van der Waals surface area contributed by atoms with E-state index in [4.69, 9.17) is 9.15 Å². The Hall–Kier alpha value is -1.45. The van der Waals surface area contributed by atoms with Gasteiger partial charge in [0.2, 0.25) is 0 Å². The minimum Gasteiger partial charge on any atom is -0.469 e. The van der Waals surface area contributed by atoms with Crippen LogP contribution in [0.25, 0.3) is 0 Å². The molecule has 1 aromatic rings. The van der Waals surface area contributed by atoms with Gasteiger partial charge in [-0.05, 0) is 46.2 Å². The molecule has 1 atom stereocenters. The van der Waals surface area contributed by atoms with Crippen molar-refractivity contribution in [3.05, 3.63) is 24.2 Å². The lowest BCUT2D eigenvalue weighted by atomic mass is 10.2. The number of amides is 1. The average Bonchev–Trinajstić information content (AvgIpc) is 3.02. The molecule has 0 radical (unpaired) electrons. The third kappa shape index (κ3) is 12.0. The van der Waals surface area contributed by atoms with Gasteiger partial charge in [-0.1, -0.05) is 6.92 Å². The number of nitrogens with one attached hydrogen (secondary N) is 3. The van der Waals surface area contributed by atoms with Gasteiger partial charge in [0.15, 0.2) is 5.96 Å². The van der Waals surface area contributed by atoms with Crippen molar-refractivity contribution in [2.24, 2.45) is 4.99 Å². The average molecular weight is 480 g/mol. The molecule has 0 aliphatic heterocycles. The van der Waals surface area contributed by atoms with Gasteiger partial charge in [-0.25, -0.2) is 4.79 Å². The van der Waals surface area contributed by atoms with Crippen molar-refractivity contribution < 1.29 is 13.9 Å². The molecule has 0 spiro atoms. The normalized spacial score (nSPS) is 12.7. The van der Waals surface area contributed by atoms with Crippen molar-refractivity contribution in [2.75, 3.05) is 19.6 Å². The zero-order valence-corrected chi connectivity index (χ0v) is 18.8. The SMILES string of the molecule is CCC(C)NC(=NCCc1ccco1)NCCNC(=O)OC(C)(C)C.I. The van der Waals surface area contributed by atoms with E-state index < -0.39 is 11.7 Å². The number of furan rings is 1. The fourth-order valence-corrected chi connectivity index (χ4v) is 1.88. The van der Waals surface area contributed by atoms with Crippen LogP contribution in [0, 0.1) is 0 Å². The van der Waals surface area contributed by atoms with Crippen molar-refractivity contribution in [3.63, 3.8) is 0 Å². The van der Waals surface area contributed by atoms with Crippen molar-refractivity contribution >= 4 is 36.0 Å². The summed E-state index contributed by atoms with van der Waals surface area (Å²) in [5.41, 5.74) is -0.492. The van der Waals surface area contributed by atoms with Gasteiger partial charge in [-0.2, -0.15) is 0 Å². The zero-order valence-electron chi connectivity index (χ0n) is 16.4. The highest BCUT2D eigenvalue weighted by molar-refractivity contribution is 14.0. The van der Waals surface area contributed by atoms with Crippen molar-refractivity contribution in [1.82, 2.24) is 16.0 Å². The topological polar surface area (TPSA) is 87.9 Å². The third-order valence-corrected chi connectivity index (χ3v) is 3.29. The van der Waals surface area contributed by atoms with Gasteiger partial charge < -0.3 is 25.1 Å². The van der Waals surface area contributed by atoms with Crippen LogP contribution < -0.4 is 16.0 Å². The van der Waals surface area contributed by atoms with Crippen molar-refractivity contribution in [2.45, 2.75) is 59.1 Å². The molecule has 0 saturated heterocycles. The van der Waals surface area contributed by atoms with Gasteiger partial charge in [0, 0.05) is 32.1 Å². The second-order valence-corrected chi connectivity index (χ2v) is 6.87. The number of rotatable bonds is 8. The Morgan fingerprint density at radius 1 is 1.31 bits per heavy atom. The summed E-state index contributed by atoms with van der Waals surface area (Å²) in [6, 6.07) is 4.13. The summed E-state index contributed by atoms with van der Waals surface area (Å²) >= 11 is 0. The summed E-state index contributed by atoms with van der Waals surface area (Å²) in [5, 5.41) is 9.28. The second kappa shape index (κ2) is 12.8. The lowest BCUT2D eigenvalue weighted by Gasteiger charge is -2.20. The molecular formula is C18H33IN4O3. The van der Waals surface area contributed by atoms with Crippen molar-refractivity contribution in [3.8, 4) is 0 Å². The molecule has 0 saturated carbocycles. The summed E-state index contributed by atoms with van der Waals surface area (Å²) in [6.45, 7) is 11.4. The molecule has 0 aliphatic rings. The van der Waals surface area contributed by atoms with E-state index in [1.165, 1.54) is 0 Å². The molecule has 1 amide bonds. The van der Waals surface area contributed by atoms with E-state index in [0.717, 1.165) is 24.6 Å². The van der Waals surface area contributed by atoms with E-state index in [-0.39, 0.29) is 24.0 Å². The first kappa shape index (κ1) is 24.6. The lowest BCUT2D eigenvalue weighted by Crippen LogP contribution is -2.45. The fraction of sp³-hybridized carbons (Fsp3) is 0.667. The zero-order chi connectivity index (χ0) is 18.7. The molecule has 26 heavy (non-hydrogen) atoms. The minimum atomic E-state index is -0.492. The minimum absolute atomic E-state index is 0. The Labute approximate surface area is 173 Å². The number of guanidine groups is 1. The number of hydrogen-bond donors (Lipinski definition) is 3. The summed E-state index contributed by atoms with van der Waals surface area (Å²) in [7, 11) is 0. The molecule has 1 unspecified atom stereocenters. The highest BCUT2D eigenvalue weighted by Gasteiger charge is 2.15. The number of hydrogen-bond acceptors (Lipinski definition) is 4. The number of carbonyl (C=O) groups is 1. The summed E-state index contributed by atoms with van der Waals surface area (Å²) in [6.07, 6.45) is 2.99. The van der Waals surface area contributed by atoms with E-state index in [1.54, 1.807) is 6.26 Å². The van der Waals surface area contributed by atoms with E-state index in [0.29, 0.717) is 25.7 Å². The van der Waals surface area contributed by atoms with Crippen LogP contribution in [-0.4, -0.2) is 43.3 Å². The van der Waals surface area contributed by atoms with Gasteiger partial charge in [0.1, 0.15) is 11.4 Å². The van der Waals surface area contributed by atoms with Crippen molar-refractivity contribution in [1.29, 1.82) is 0 Å². The van der Waals surface area contributed by atoms with Crippen LogP contribution in [0.3, 0.4) is 0 Å². The second-order valence-electron chi connectivity index (χ2n) is 6.87. The number of carbonyl (C=O) groups excluding carboxylic acids is 1. The Balaban J connectivity index is 0.00000625. The Morgan fingerprint density at radius 3 is 2.58 bits per heavy atom. The van der Waals surface area contributed by atoms with E-state index in [1.807, 2.05) is 32.9 Å². The van der Waals surface area contributed by atoms with Crippen LogP contribution >= 0.6 is 24.0 Å². The predicted molar refractivity (Wildman–Crippen MR) is 115 cm³/mol. The highest BCUT2D eigenvalue weighted by Crippen LogP contribution is 2.06. The molecule has 0 aliphatic carbocycles. The van der Waals surface area contributed by atoms with Gasteiger partial charge in [-0.3, -0.25) is 4.99 Å². The smallest absolute Gasteiger partial charge is 0.407 e. The first-order valence-corrected chi connectivity index (χ1v) is 8.84. The fourth-order valence-electron chi connectivity index (χ4n) is 1.88. The Kier molecular flexibility index (Phi) is 12.1. The largest absolute Gasteiger partial charge is 0.469 e. The van der Waals surface area contributed by atoms with Crippen LogP contribution in [0.1, 0.15) is 46.8 Å². The van der Waals surface area contributed by atoms with Gasteiger partial charge >= 0.3 is 6.09 Å². The number of ether oxygens (including phenoxy) is 1. The molecule has 1 heterocycles. The van der Waals surface area contributed by atoms with Crippen LogP contribution in [-0.2, 0) is 11.2 Å². The molecule has 0 fully saturated rings. The maximum absolute atomic E-state index is 11.6. The van der Waals surface area contributed by atoms with E-state index in [9.17, 15) is 4.79 Å². The van der Waals surface area contributed by atoms with Crippen LogP contribution in [0.15, 0.2) is 27.8 Å². The van der Waals surface area contributed by atoms with Crippen LogP contribution in [0.4, 0.5) is 4.79 Å². The van der Waals surface area contributed by atoms with E-state index >= 15 is 0 Å². The maximum atomic E-state index is 11.6. The lowest BCUT2D eigenvalue weighted by molar-refractivity contribution is 0.0529. The number of halogens is 1. The predicted octanol–water partition coefficient (Wildman–Crippen LogP) is 3.30. The monoisotopic (exact) mass is 480 g/mol. The first-order chi connectivity index (χ1) is 11.8. The highest BCUT2D eigenvalue weighted by atomic mass is 127. The number of nitrogens with zero attached hydrogens (tertiary/aromatic N) is 1. The molecule has 0 aromatic carbocycles. The summed E-state index contributed by atoms with van der Waals surface area (Å²) in [4.78, 5) is 16.2. The molecule has 1 rings (SSSR count). The van der Waals surface area contributed by atoms with Gasteiger partial charge in [-0.15, -0.1) is 24.0 Å². The first-order valence-electron chi connectivity index (χ1n) is 8.84. The molecule has 8 heteroatoms. The molecule has 150 valence electrons. The standard InChI is InChI=1S/C18H32N4O3.HI/c1-6-14(2)22-16(19-10-9-15-8-7-13-24-15)20-11-12-21-17(23)25-18(3,4)5;/h7-8,13-14H,6,9-12H2,1-5H3,(H,21,23)(H2,19,20,22);1H. The van der Waals surface area contributed by atoms with Gasteiger partial charge in [0.25, 0.3) is 0 Å². The quantitative estimate of drug-likeness (QED) is 0.230. The molecular weight excluding hydrogens is 447 g/mol.